The van der Waals surface area contributed by atoms with E-state index in [1.807, 2.05) is 0 Å². The number of imide groups is 2. The zero-order chi connectivity index (χ0) is 14.5. The van der Waals surface area contributed by atoms with Gasteiger partial charge in [0.1, 0.15) is 15.7 Å². The van der Waals surface area contributed by atoms with Gasteiger partial charge in [-0.15, -0.1) is 0 Å². The minimum absolute atomic E-state index is 0.357. The van der Waals surface area contributed by atoms with Gasteiger partial charge in [-0.1, -0.05) is 0 Å². The molecule has 6 nitrogen and oxygen atoms in total. The van der Waals surface area contributed by atoms with Gasteiger partial charge in [0.2, 0.25) is 23.6 Å². The zero-order valence-electron chi connectivity index (χ0n) is 11.6. The van der Waals surface area contributed by atoms with Crippen LogP contribution in [0.25, 0.3) is 0 Å². The van der Waals surface area contributed by atoms with Gasteiger partial charge < -0.3 is 0 Å². The summed E-state index contributed by atoms with van der Waals surface area (Å²) in [6.45, 7) is 1.63. The highest BCUT2D eigenvalue weighted by Gasteiger charge is 2.89. The molecule has 4 atom stereocenters. The van der Waals surface area contributed by atoms with Crippen molar-refractivity contribution >= 4 is 39.3 Å². The Kier molecular flexibility index (Phi) is 1.82. The number of likely N-dealkylation sites (tertiary alicyclic amines) is 2. The first-order valence-electron chi connectivity index (χ1n) is 6.22. The first kappa shape index (κ1) is 12.4. The monoisotopic (exact) mass is 260 g/mol. The molecule has 4 amide bonds. The number of carbonyl (C=O) groups excluding carboxylic acids is 4. The largest absolute Gasteiger partial charge is 0.286 e. The van der Waals surface area contributed by atoms with Crippen LogP contribution in [0, 0.1) is 11.3 Å². The van der Waals surface area contributed by atoms with E-state index < -0.39 is 22.0 Å². The SMILES string of the molecule is BC12C(=O)N(C)C(=O)C1(B)C1(C)C(=O)N(C)C(=O)C21. The Hall–Kier alpha value is -1.59. The van der Waals surface area contributed by atoms with Gasteiger partial charge in [0, 0.05) is 24.7 Å². The number of nitrogens with zero attached hydrogens (tertiary/aromatic N) is 2. The van der Waals surface area contributed by atoms with Gasteiger partial charge >= 0.3 is 0 Å². The van der Waals surface area contributed by atoms with E-state index in [9.17, 15) is 19.2 Å². The van der Waals surface area contributed by atoms with Crippen molar-refractivity contribution in [3.8, 4) is 0 Å². The molecule has 1 saturated carbocycles. The third-order valence-electron chi connectivity index (χ3n) is 6.04. The highest BCUT2D eigenvalue weighted by Crippen LogP contribution is 2.83. The maximum atomic E-state index is 12.4. The van der Waals surface area contributed by atoms with Gasteiger partial charge in [0.15, 0.2) is 0 Å². The standard InChI is InChI=1S/C11H14B2N2O4/c1-9-4(5(16)14(2)6(9)17)10(12)7(18)15(3)8(19)11(9,10)13/h4H,12-13H2,1-3H3. The van der Waals surface area contributed by atoms with Crippen LogP contribution in [-0.2, 0) is 19.2 Å². The Morgan fingerprint density at radius 2 is 1.47 bits per heavy atom. The van der Waals surface area contributed by atoms with Gasteiger partial charge in [-0.05, 0) is 6.92 Å². The maximum absolute atomic E-state index is 12.4. The molecule has 0 aromatic rings. The first-order chi connectivity index (χ1) is 8.57. The minimum atomic E-state index is -1.13. The number of amides is 4. The van der Waals surface area contributed by atoms with E-state index in [2.05, 4.69) is 0 Å². The number of fused-ring (bicyclic) bond motifs is 4. The van der Waals surface area contributed by atoms with Crippen LogP contribution in [0.2, 0.25) is 10.6 Å². The highest BCUT2D eigenvalue weighted by molar-refractivity contribution is 6.53. The van der Waals surface area contributed by atoms with Crippen LogP contribution in [0.1, 0.15) is 6.92 Å². The van der Waals surface area contributed by atoms with Gasteiger partial charge in [0.25, 0.3) is 0 Å². The molecule has 2 heterocycles. The lowest BCUT2D eigenvalue weighted by atomic mass is 9.21. The molecule has 0 radical (unpaired) electrons. The first-order valence-corrected chi connectivity index (χ1v) is 6.22. The lowest BCUT2D eigenvalue weighted by Crippen LogP contribution is -2.66. The fraction of sp³-hybridized carbons (Fsp3) is 0.636. The topological polar surface area (TPSA) is 74.8 Å². The van der Waals surface area contributed by atoms with Crippen LogP contribution in [-0.4, -0.2) is 63.2 Å². The molecule has 0 aromatic carbocycles. The molecule has 8 heteroatoms. The smallest absolute Gasteiger partial charge is 0.236 e. The van der Waals surface area contributed by atoms with E-state index in [-0.39, 0.29) is 23.6 Å². The molecule has 2 saturated heterocycles. The summed E-state index contributed by atoms with van der Waals surface area (Å²) in [7, 11) is 6.09. The Morgan fingerprint density at radius 1 is 0.947 bits per heavy atom. The molecule has 19 heavy (non-hydrogen) atoms. The van der Waals surface area contributed by atoms with Crippen LogP contribution < -0.4 is 0 Å². The van der Waals surface area contributed by atoms with E-state index in [1.54, 1.807) is 22.6 Å². The van der Waals surface area contributed by atoms with Crippen LogP contribution in [0.4, 0.5) is 0 Å². The Bertz CT molecular complexity index is 569. The van der Waals surface area contributed by atoms with Crippen molar-refractivity contribution in [2.75, 3.05) is 14.1 Å². The van der Waals surface area contributed by atoms with Crippen LogP contribution in [0.5, 0.6) is 0 Å². The third-order valence-corrected chi connectivity index (χ3v) is 6.04. The molecular weight excluding hydrogens is 246 g/mol. The van der Waals surface area contributed by atoms with Crippen LogP contribution >= 0.6 is 0 Å². The second-order valence-electron chi connectivity index (χ2n) is 6.33. The van der Waals surface area contributed by atoms with Gasteiger partial charge in [-0.2, -0.15) is 0 Å². The summed E-state index contributed by atoms with van der Waals surface area (Å²) in [5.41, 5.74) is -1.11. The quantitative estimate of drug-likeness (QED) is 0.348. The summed E-state index contributed by atoms with van der Waals surface area (Å²) < 4.78 is 0. The molecule has 0 bridgehead atoms. The second kappa shape index (κ2) is 2.78. The van der Waals surface area contributed by atoms with Crippen molar-refractivity contribution in [1.29, 1.82) is 0 Å². The lowest BCUT2D eigenvalue weighted by molar-refractivity contribution is -0.155. The van der Waals surface area contributed by atoms with E-state index in [0.717, 1.165) is 9.80 Å². The van der Waals surface area contributed by atoms with Crippen molar-refractivity contribution in [1.82, 2.24) is 9.80 Å². The molecule has 0 N–H and O–H groups in total. The zero-order valence-corrected chi connectivity index (χ0v) is 11.6. The third kappa shape index (κ3) is 0.773. The summed E-state index contributed by atoms with van der Waals surface area (Å²) in [4.78, 5) is 51.5. The van der Waals surface area contributed by atoms with Crippen molar-refractivity contribution in [2.24, 2.45) is 11.3 Å². The predicted molar refractivity (Wildman–Crippen MR) is 69.6 cm³/mol. The molecule has 4 unspecified atom stereocenters. The summed E-state index contributed by atoms with van der Waals surface area (Å²) in [6.07, 6.45) is 0. The number of rotatable bonds is 0. The van der Waals surface area contributed by atoms with Gasteiger partial charge in [-0.25, -0.2) is 0 Å². The number of hydrogen-bond acceptors (Lipinski definition) is 4. The van der Waals surface area contributed by atoms with Crippen molar-refractivity contribution < 1.29 is 19.2 Å². The van der Waals surface area contributed by atoms with Crippen molar-refractivity contribution in [2.45, 2.75) is 17.6 Å². The van der Waals surface area contributed by atoms with E-state index in [1.165, 1.54) is 14.1 Å². The maximum Gasteiger partial charge on any atom is 0.236 e. The minimum Gasteiger partial charge on any atom is -0.286 e. The summed E-state index contributed by atoms with van der Waals surface area (Å²) in [5, 5.41) is -2.24. The summed E-state index contributed by atoms with van der Waals surface area (Å²) in [6, 6.07) is 0. The molecule has 1 aliphatic carbocycles. The number of hydrogen-bond donors (Lipinski definition) is 0. The van der Waals surface area contributed by atoms with E-state index in [4.69, 9.17) is 0 Å². The van der Waals surface area contributed by atoms with Crippen molar-refractivity contribution in [3.63, 3.8) is 0 Å². The molecular formula is C11H14B2N2O4. The highest BCUT2D eigenvalue weighted by atomic mass is 16.2. The Labute approximate surface area is 112 Å². The lowest BCUT2D eigenvalue weighted by Gasteiger charge is -2.62. The Morgan fingerprint density at radius 3 is 2.00 bits per heavy atom. The molecule has 0 aromatic heterocycles. The average molecular weight is 260 g/mol. The fourth-order valence-corrected chi connectivity index (χ4v) is 4.65. The summed E-state index contributed by atoms with van der Waals surface area (Å²) in [5.74, 6) is -2.18. The molecule has 98 valence electrons. The predicted octanol–water partition coefficient (Wildman–Crippen LogP) is -2.80. The van der Waals surface area contributed by atoms with E-state index >= 15 is 0 Å². The molecule has 3 aliphatic rings. The average Bonchev–Trinajstić information content (AvgIpc) is 2.61. The molecule has 3 rings (SSSR count). The normalized spacial score (nSPS) is 48.5. The fourth-order valence-electron chi connectivity index (χ4n) is 4.65. The Balaban J connectivity index is 2.30. The number of carbonyl (C=O) groups is 4. The molecule has 0 spiro atoms. The van der Waals surface area contributed by atoms with E-state index in [0.29, 0.717) is 0 Å². The van der Waals surface area contributed by atoms with Crippen molar-refractivity contribution in [3.05, 3.63) is 0 Å². The van der Waals surface area contributed by atoms with Crippen LogP contribution in [0.3, 0.4) is 0 Å². The van der Waals surface area contributed by atoms with Crippen LogP contribution in [0.15, 0.2) is 0 Å². The second-order valence-corrected chi connectivity index (χ2v) is 6.33. The van der Waals surface area contributed by atoms with Gasteiger partial charge in [0.05, 0.1) is 11.3 Å². The summed E-state index contributed by atoms with van der Waals surface area (Å²) >= 11 is 0. The molecule has 2 aliphatic heterocycles. The van der Waals surface area contributed by atoms with Gasteiger partial charge in [-0.3, -0.25) is 29.0 Å². The molecule has 3 fully saturated rings.